The van der Waals surface area contributed by atoms with Gasteiger partial charge in [-0.2, -0.15) is 5.10 Å². The summed E-state index contributed by atoms with van der Waals surface area (Å²) in [5.41, 5.74) is 2.02. The lowest BCUT2D eigenvalue weighted by Crippen LogP contribution is -2.41. The van der Waals surface area contributed by atoms with E-state index in [1.165, 1.54) is 12.4 Å². The average Bonchev–Trinajstić information content (AvgIpc) is 3.25. The topological polar surface area (TPSA) is 93.5 Å². The summed E-state index contributed by atoms with van der Waals surface area (Å²) in [5, 5.41) is 13.8. The highest BCUT2D eigenvalue weighted by atomic mass is 32.2. The van der Waals surface area contributed by atoms with E-state index in [1.54, 1.807) is 4.68 Å². The molecule has 26 heavy (non-hydrogen) atoms. The van der Waals surface area contributed by atoms with Gasteiger partial charge in [-0.1, -0.05) is 12.1 Å². The Bertz CT molecular complexity index is 903. The van der Waals surface area contributed by atoms with Crippen molar-refractivity contribution in [3.8, 4) is 5.75 Å². The quantitative estimate of drug-likeness (QED) is 0.798. The van der Waals surface area contributed by atoms with Crippen molar-refractivity contribution >= 4 is 10.0 Å². The predicted molar refractivity (Wildman–Crippen MR) is 95.3 cm³/mol. The van der Waals surface area contributed by atoms with E-state index in [0.717, 1.165) is 23.3 Å². The summed E-state index contributed by atoms with van der Waals surface area (Å²) in [6.45, 7) is 3.17. The molecule has 0 spiro atoms. The number of aryl methyl sites for hydroxylation is 1. The van der Waals surface area contributed by atoms with Crippen LogP contribution in [0.4, 0.5) is 0 Å². The van der Waals surface area contributed by atoms with E-state index >= 15 is 0 Å². The van der Waals surface area contributed by atoms with Gasteiger partial charge in [0.1, 0.15) is 10.6 Å². The van der Waals surface area contributed by atoms with Gasteiger partial charge >= 0.3 is 0 Å². The molecule has 2 aromatic rings. The van der Waals surface area contributed by atoms with Crippen LogP contribution >= 0.6 is 0 Å². The Labute approximate surface area is 153 Å². The third-order valence-corrected chi connectivity index (χ3v) is 6.62. The molecule has 1 aromatic carbocycles. The zero-order chi connectivity index (χ0) is 18.3. The molecule has 1 aliphatic heterocycles. The van der Waals surface area contributed by atoms with Gasteiger partial charge in [-0.25, -0.2) is 13.1 Å². The van der Waals surface area contributed by atoms with Crippen LogP contribution in [0.15, 0.2) is 35.5 Å². The van der Waals surface area contributed by atoms with Gasteiger partial charge in [0.25, 0.3) is 0 Å². The van der Waals surface area contributed by atoms with Crippen molar-refractivity contribution in [3.63, 3.8) is 0 Å². The summed E-state index contributed by atoms with van der Waals surface area (Å²) in [6, 6.07) is 5.47. The second-order valence-corrected chi connectivity index (χ2v) is 8.70. The SMILES string of the molecule is CCn1cc(S(=O)(=O)N[C@H](c2ccc3c(c2)CCO3)C2CC(O)C2)cn1. The molecule has 2 heterocycles. The average molecular weight is 377 g/mol. The van der Waals surface area contributed by atoms with Gasteiger partial charge in [0, 0.05) is 25.2 Å². The molecule has 0 saturated heterocycles. The fraction of sp³-hybridized carbons (Fsp3) is 0.500. The minimum Gasteiger partial charge on any atom is -0.493 e. The number of aliphatic hydroxyl groups is 1. The smallest absolute Gasteiger partial charge is 0.244 e. The van der Waals surface area contributed by atoms with Gasteiger partial charge in [-0.05, 0) is 42.9 Å². The van der Waals surface area contributed by atoms with E-state index < -0.39 is 10.0 Å². The molecule has 1 atom stereocenters. The third kappa shape index (κ3) is 3.24. The standard InChI is InChI=1S/C18H23N3O4S/c1-2-21-11-16(10-19-21)26(23,24)20-18(14-8-15(22)9-14)13-3-4-17-12(7-13)5-6-25-17/h3-4,7,10-11,14-15,18,20,22H,2,5-6,8-9H2,1H3/t14?,15?,18-/m1/s1. The molecule has 7 nitrogen and oxygen atoms in total. The highest BCUT2D eigenvalue weighted by molar-refractivity contribution is 7.89. The first-order valence-corrected chi connectivity index (χ1v) is 10.4. The summed E-state index contributed by atoms with van der Waals surface area (Å²) in [5.74, 6) is 0.939. The van der Waals surface area contributed by atoms with Crippen molar-refractivity contribution < 1.29 is 18.3 Å². The number of benzene rings is 1. The summed E-state index contributed by atoms with van der Waals surface area (Å²) >= 11 is 0. The molecule has 2 aliphatic rings. The first kappa shape index (κ1) is 17.5. The van der Waals surface area contributed by atoms with E-state index in [1.807, 2.05) is 25.1 Å². The number of sulfonamides is 1. The van der Waals surface area contributed by atoms with Crippen LogP contribution in [0.25, 0.3) is 0 Å². The molecule has 0 unspecified atom stereocenters. The maximum absolute atomic E-state index is 12.9. The molecule has 140 valence electrons. The van der Waals surface area contributed by atoms with Crippen LogP contribution < -0.4 is 9.46 Å². The molecule has 0 amide bonds. The Morgan fingerprint density at radius 3 is 2.92 bits per heavy atom. The molecule has 0 bridgehead atoms. The van der Waals surface area contributed by atoms with E-state index in [-0.39, 0.29) is 23.0 Å². The number of aromatic nitrogens is 2. The number of nitrogens with one attached hydrogen (secondary N) is 1. The number of nitrogens with zero attached hydrogens (tertiary/aromatic N) is 2. The number of ether oxygens (including phenoxy) is 1. The predicted octanol–water partition coefficient (Wildman–Crippen LogP) is 1.63. The number of aliphatic hydroxyl groups excluding tert-OH is 1. The Hall–Kier alpha value is -1.90. The first-order valence-electron chi connectivity index (χ1n) is 8.94. The minimum absolute atomic E-state index is 0.0707. The molecular formula is C18H23N3O4S. The van der Waals surface area contributed by atoms with Crippen LogP contribution in [-0.2, 0) is 23.0 Å². The van der Waals surface area contributed by atoms with Crippen molar-refractivity contribution in [1.29, 1.82) is 0 Å². The molecule has 1 fully saturated rings. The van der Waals surface area contributed by atoms with Crippen molar-refractivity contribution in [2.45, 2.75) is 49.8 Å². The summed E-state index contributed by atoms with van der Waals surface area (Å²) < 4.78 is 35.7. The van der Waals surface area contributed by atoms with E-state index in [9.17, 15) is 13.5 Å². The van der Waals surface area contributed by atoms with Crippen LogP contribution in [0.3, 0.4) is 0 Å². The highest BCUT2D eigenvalue weighted by Crippen LogP contribution is 2.40. The molecule has 2 N–H and O–H groups in total. The van der Waals surface area contributed by atoms with Crippen LogP contribution in [0.1, 0.15) is 36.9 Å². The van der Waals surface area contributed by atoms with Crippen molar-refractivity contribution in [3.05, 3.63) is 41.7 Å². The summed E-state index contributed by atoms with van der Waals surface area (Å²) in [6.07, 6.45) is 4.57. The van der Waals surface area contributed by atoms with Crippen LogP contribution in [-0.4, -0.2) is 36.0 Å². The summed E-state index contributed by atoms with van der Waals surface area (Å²) in [4.78, 5) is 0.161. The molecule has 1 aromatic heterocycles. The van der Waals surface area contributed by atoms with Crippen molar-refractivity contribution in [2.75, 3.05) is 6.61 Å². The van der Waals surface area contributed by atoms with Gasteiger partial charge in [-0.15, -0.1) is 0 Å². The second kappa shape index (κ2) is 6.68. The highest BCUT2D eigenvalue weighted by Gasteiger charge is 2.37. The Morgan fingerprint density at radius 2 is 2.23 bits per heavy atom. The largest absolute Gasteiger partial charge is 0.493 e. The zero-order valence-electron chi connectivity index (χ0n) is 14.6. The van der Waals surface area contributed by atoms with Crippen LogP contribution in [0.2, 0.25) is 0 Å². The summed E-state index contributed by atoms with van der Waals surface area (Å²) in [7, 11) is -3.70. The molecule has 0 radical (unpaired) electrons. The first-order chi connectivity index (χ1) is 12.5. The lowest BCUT2D eigenvalue weighted by molar-refractivity contribution is 0.0280. The Kier molecular flexibility index (Phi) is 4.50. The monoisotopic (exact) mass is 377 g/mol. The lowest BCUT2D eigenvalue weighted by Gasteiger charge is -2.38. The van der Waals surface area contributed by atoms with Crippen LogP contribution in [0.5, 0.6) is 5.75 Å². The van der Waals surface area contributed by atoms with Gasteiger partial charge in [-0.3, -0.25) is 4.68 Å². The van der Waals surface area contributed by atoms with Crippen LogP contribution in [0, 0.1) is 5.92 Å². The van der Waals surface area contributed by atoms with E-state index in [2.05, 4.69) is 9.82 Å². The second-order valence-electron chi connectivity index (χ2n) is 6.98. The number of rotatable bonds is 6. The maximum atomic E-state index is 12.9. The Balaban J connectivity index is 1.63. The fourth-order valence-electron chi connectivity index (χ4n) is 3.63. The maximum Gasteiger partial charge on any atom is 0.244 e. The molecule has 1 saturated carbocycles. The van der Waals surface area contributed by atoms with Gasteiger partial charge in [0.15, 0.2) is 0 Å². The van der Waals surface area contributed by atoms with Gasteiger partial charge in [0.2, 0.25) is 10.0 Å². The fourth-order valence-corrected chi connectivity index (χ4v) is 4.88. The number of fused-ring (bicyclic) bond motifs is 1. The number of hydrogen-bond donors (Lipinski definition) is 2. The Morgan fingerprint density at radius 1 is 1.42 bits per heavy atom. The van der Waals surface area contributed by atoms with Gasteiger partial charge < -0.3 is 9.84 Å². The molecular weight excluding hydrogens is 354 g/mol. The molecule has 8 heteroatoms. The van der Waals surface area contributed by atoms with Crippen molar-refractivity contribution in [1.82, 2.24) is 14.5 Å². The minimum atomic E-state index is -3.70. The van der Waals surface area contributed by atoms with Crippen molar-refractivity contribution in [2.24, 2.45) is 5.92 Å². The molecule has 1 aliphatic carbocycles. The molecule has 4 rings (SSSR count). The zero-order valence-corrected chi connectivity index (χ0v) is 15.4. The van der Waals surface area contributed by atoms with E-state index in [0.29, 0.717) is 26.0 Å². The normalized spacial score (nSPS) is 23.2. The lowest BCUT2D eigenvalue weighted by atomic mass is 9.75. The van der Waals surface area contributed by atoms with Gasteiger partial charge in [0.05, 0.1) is 18.9 Å². The third-order valence-electron chi connectivity index (χ3n) is 5.22. The van der Waals surface area contributed by atoms with E-state index in [4.69, 9.17) is 4.74 Å². The number of hydrogen-bond acceptors (Lipinski definition) is 5.